The molecule has 0 heterocycles. The third-order valence-electron chi connectivity index (χ3n) is 3.62. The quantitative estimate of drug-likeness (QED) is 0.603. The van der Waals surface area contributed by atoms with E-state index < -0.39 is 0 Å². The molecule has 0 saturated carbocycles. The summed E-state index contributed by atoms with van der Waals surface area (Å²) in [6.07, 6.45) is 1.11. The van der Waals surface area contributed by atoms with E-state index >= 15 is 0 Å². The van der Waals surface area contributed by atoms with Gasteiger partial charge in [0, 0.05) is 24.5 Å². The van der Waals surface area contributed by atoms with Gasteiger partial charge in [-0.05, 0) is 50.2 Å². The molecular formula is C18H25N3. The van der Waals surface area contributed by atoms with Crippen LogP contribution in [0.5, 0.6) is 0 Å². The number of aryl methyl sites for hydroxylation is 1. The molecule has 0 radical (unpaired) electrons. The van der Waals surface area contributed by atoms with Crippen molar-refractivity contribution < 1.29 is 0 Å². The number of hydrogen-bond acceptors (Lipinski definition) is 3. The first-order valence-corrected chi connectivity index (χ1v) is 7.47. The molecule has 0 unspecified atom stereocenters. The summed E-state index contributed by atoms with van der Waals surface area (Å²) >= 11 is 0. The van der Waals surface area contributed by atoms with E-state index in [2.05, 4.69) is 59.7 Å². The minimum absolute atomic E-state index is 0.848. The Kier molecular flexibility index (Phi) is 5.64. The Bertz CT molecular complexity index is 552. The fraction of sp³-hybridized carbons (Fsp3) is 0.333. The van der Waals surface area contributed by atoms with Crippen LogP contribution in [0.2, 0.25) is 0 Å². The molecule has 0 aliphatic carbocycles. The highest BCUT2D eigenvalue weighted by Gasteiger charge is 2.00. The molecule has 0 saturated heterocycles. The minimum Gasteiger partial charge on any atom is -0.398 e. The normalized spacial score (nSPS) is 10.8. The predicted molar refractivity (Wildman–Crippen MR) is 91.5 cm³/mol. The number of rotatable bonds is 7. The standard InChI is InChI=1S/C18H25N3/c1-15-9-10-17(13-18(15)19)20-11-6-12-21(2)14-16-7-4-3-5-8-16/h3-5,7-10,13,20H,6,11-12,14,19H2,1-2H3. The molecule has 2 aromatic carbocycles. The predicted octanol–water partition coefficient (Wildman–Crippen LogP) is 3.51. The number of anilines is 2. The van der Waals surface area contributed by atoms with Gasteiger partial charge >= 0.3 is 0 Å². The van der Waals surface area contributed by atoms with Crippen LogP contribution in [-0.4, -0.2) is 25.0 Å². The Morgan fingerprint density at radius 2 is 1.86 bits per heavy atom. The van der Waals surface area contributed by atoms with Crippen LogP contribution in [0.1, 0.15) is 17.5 Å². The summed E-state index contributed by atoms with van der Waals surface area (Å²) in [5, 5.41) is 3.43. The largest absolute Gasteiger partial charge is 0.398 e. The van der Waals surface area contributed by atoms with Crippen LogP contribution in [0.15, 0.2) is 48.5 Å². The highest BCUT2D eigenvalue weighted by atomic mass is 15.1. The van der Waals surface area contributed by atoms with E-state index in [1.54, 1.807) is 0 Å². The second-order valence-electron chi connectivity index (χ2n) is 5.58. The maximum absolute atomic E-state index is 5.91. The summed E-state index contributed by atoms with van der Waals surface area (Å²) in [7, 11) is 2.16. The fourth-order valence-electron chi connectivity index (χ4n) is 2.31. The van der Waals surface area contributed by atoms with E-state index in [1.807, 2.05) is 13.0 Å². The monoisotopic (exact) mass is 283 g/mol. The number of benzene rings is 2. The smallest absolute Gasteiger partial charge is 0.0364 e. The molecular weight excluding hydrogens is 258 g/mol. The zero-order valence-electron chi connectivity index (χ0n) is 13.0. The van der Waals surface area contributed by atoms with Crippen molar-refractivity contribution in [1.29, 1.82) is 0 Å². The molecule has 0 bridgehead atoms. The molecule has 0 fully saturated rings. The van der Waals surface area contributed by atoms with Crippen molar-refractivity contribution in [2.75, 3.05) is 31.2 Å². The van der Waals surface area contributed by atoms with Gasteiger partial charge in [0.1, 0.15) is 0 Å². The van der Waals surface area contributed by atoms with Gasteiger partial charge in [-0.2, -0.15) is 0 Å². The molecule has 2 aromatic rings. The van der Waals surface area contributed by atoms with E-state index in [0.717, 1.165) is 43.0 Å². The zero-order chi connectivity index (χ0) is 15.1. The van der Waals surface area contributed by atoms with Crippen molar-refractivity contribution in [3.05, 3.63) is 59.7 Å². The highest BCUT2D eigenvalue weighted by Crippen LogP contribution is 2.16. The molecule has 0 amide bonds. The topological polar surface area (TPSA) is 41.3 Å². The third-order valence-corrected chi connectivity index (χ3v) is 3.62. The van der Waals surface area contributed by atoms with Crippen molar-refractivity contribution in [1.82, 2.24) is 4.90 Å². The van der Waals surface area contributed by atoms with Crippen LogP contribution in [0.3, 0.4) is 0 Å². The summed E-state index contributed by atoms with van der Waals surface area (Å²) < 4.78 is 0. The Labute approximate surface area is 127 Å². The average Bonchev–Trinajstić information content (AvgIpc) is 2.48. The second kappa shape index (κ2) is 7.70. The lowest BCUT2D eigenvalue weighted by Gasteiger charge is -2.17. The minimum atomic E-state index is 0.848. The van der Waals surface area contributed by atoms with Gasteiger partial charge in [0.25, 0.3) is 0 Å². The highest BCUT2D eigenvalue weighted by molar-refractivity contribution is 5.58. The average molecular weight is 283 g/mol. The zero-order valence-corrected chi connectivity index (χ0v) is 13.0. The van der Waals surface area contributed by atoms with Crippen LogP contribution in [0, 0.1) is 6.92 Å². The van der Waals surface area contributed by atoms with Crippen LogP contribution >= 0.6 is 0 Å². The van der Waals surface area contributed by atoms with Crippen molar-refractivity contribution in [2.45, 2.75) is 19.9 Å². The Hall–Kier alpha value is -2.00. The van der Waals surface area contributed by atoms with Gasteiger partial charge in [0.05, 0.1) is 0 Å². The Morgan fingerprint density at radius 1 is 1.10 bits per heavy atom. The third kappa shape index (κ3) is 5.12. The first-order chi connectivity index (χ1) is 10.1. The molecule has 0 spiro atoms. The summed E-state index contributed by atoms with van der Waals surface area (Å²) in [6, 6.07) is 16.7. The Morgan fingerprint density at radius 3 is 2.57 bits per heavy atom. The SMILES string of the molecule is Cc1ccc(NCCCN(C)Cc2ccccc2)cc1N. The lowest BCUT2D eigenvalue weighted by atomic mass is 10.2. The molecule has 112 valence electrons. The molecule has 3 N–H and O–H groups in total. The van der Waals surface area contributed by atoms with Gasteiger partial charge in [-0.25, -0.2) is 0 Å². The molecule has 21 heavy (non-hydrogen) atoms. The van der Waals surface area contributed by atoms with Gasteiger partial charge in [0.2, 0.25) is 0 Å². The lowest BCUT2D eigenvalue weighted by molar-refractivity contribution is 0.325. The Balaban J connectivity index is 1.68. The van der Waals surface area contributed by atoms with E-state index in [9.17, 15) is 0 Å². The molecule has 0 atom stereocenters. The van der Waals surface area contributed by atoms with E-state index in [1.165, 1.54) is 5.56 Å². The molecule has 2 rings (SSSR count). The molecule has 0 aliphatic heterocycles. The summed E-state index contributed by atoms with van der Waals surface area (Å²) in [6.45, 7) is 5.06. The lowest BCUT2D eigenvalue weighted by Crippen LogP contribution is -2.21. The van der Waals surface area contributed by atoms with Crippen molar-refractivity contribution in [3.63, 3.8) is 0 Å². The van der Waals surface area contributed by atoms with Crippen molar-refractivity contribution >= 4 is 11.4 Å². The van der Waals surface area contributed by atoms with Gasteiger partial charge in [-0.3, -0.25) is 0 Å². The molecule has 0 aromatic heterocycles. The maximum Gasteiger partial charge on any atom is 0.0364 e. The van der Waals surface area contributed by atoms with E-state index in [-0.39, 0.29) is 0 Å². The van der Waals surface area contributed by atoms with Crippen LogP contribution in [0.25, 0.3) is 0 Å². The number of nitrogens with one attached hydrogen (secondary N) is 1. The second-order valence-corrected chi connectivity index (χ2v) is 5.58. The van der Waals surface area contributed by atoms with Crippen LogP contribution < -0.4 is 11.1 Å². The number of nitrogen functional groups attached to an aromatic ring is 1. The van der Waals surface area contributed by atoms with Crippen molar-refractivity contribution in [3.8, 4) is 0 Å². The first-order valence-electron chi connectivity index (χ1n) is 7.47. The van der Waals surface area contributed by atoms with Gasteiger partial charge in [-0.15, -0.1) is 0 Å². The fourth-order valence-corrected chi connectivity index (χ4v) is 2.31. The summed E-state index contributed by atoms with van der Waals surface area (Å²) in [5.74, 6) is 0. The number of nitrogens with two attached hydrogens (primary N) is 1. The van der Waals surface area contributed by atoms with Gasteiger partial charge in [-0.1, -0.05) is 36.4 Å². The van der Waals surface area contributed by atoms with Crippen molar-refractivity contribution in [2.24, 2.45) is 0 Å². The van der Waals surface area contributed by atoms with Gasteiger partial charge in [0.15, 0.2) is 0 Å². The first kappa shape index (κ1) is 15.4. The van der Waals surface area contributed by atoms with E-state index in [0.29, 0.717) is 0 Å². The van der Waals surface area contributed by atoms with Gasteiger partial charge < -0.3 is 16.0 Å². The number of nitrogens with zero attached hydrogens (tertiary/aromatic N) is 1. The number of hydrogen-bond donors (Lipinski definition) is 2. The van der Waals surface area contributed by atoms with E-state index in [4.69, 9.17) is 5.73 Å². The molecule has 0 aliphatic rings. The summed E-state index contributed by atoms with van der Waals surface area (Å²) in [4.78, 5) is 2.35. The summed E-state index contributed by atoms with van der Waals surface area (Å²) in [5.41, 5.74) is 10.3. The van der Waals surface area contributed by atoms with Crippen LogP contribution in [-0.2, 0) is 6.54 Å². The molecule has 3 heteroatoms. The maximum atomic E-state index is 5.91. The van der Waals surface area contributed by atoms with Crippen LogP contribution in [0.4, 0.5) is 11.4 Å². The molecule has 3 nitrogen and oxygen atoms in total.